The van der Waals surface area contributed by atoms with E-state index in [1.165, 1.54) is 11.4 Å². The lowest BCUT2D eigenvalue weighted by Crippen LogP contribution is -2.40. The lowest BCUT2D eigenvalue weighted by molar-refractivity contribution is -0.121. The Balaban J connectivity index is 1.66. The van der Waals surface area contributed by atoms with E-state index in [1.807, 2.05) is 18.2 Å². The number of sulfonamides is 1. The van der Waals surface area contributed by atoms with Crippen LogP contribution in [0.15, 0.2) is 42.5 Å². The van der Waals surface area contributed by atoms with Gasteiger partial charge in [0.25, 0.3) is 0 Å². The van der Waals surface area contributed by atoms with Crippen LogP contribution in [0.4, 0.5) is 11.4 Å². The summed E-state index contributed by atoms with van der Waals surface area (Å²) in [6, 6.07) is 12.3. The van der Waals surface area contributed by atoms with Crippen LogP contribution in [-0.4, -0.2) is 45.6 Å². The van der Waals surface area contributed by atoms with Gasteiger partial charge in [0.1, 0.15) is 0 Å². The summed E-state index contributed by atoms with van der Waals surface area (Å²) in [5.41, 5.74) is 1.94. The maximum absolute atomic E-state index is 12.9. The van der Waals surface area contributed by atoms with Crippen molar-refractivity contribution in [2.45, 2.75) is 19.4 Å². The molecule has 1 atom stereocenters. The fourth-order valence-corrected chi connectivity index (χ4v) is 4.55. The highest BCUT2D eigenvalue weighted by Gasteiger charge is 2.27. The van der Waals surface area contributed by atoms with Crippen molar-refractivity contribution < 1.29 is 13.2 Å². The van der Waals surface area contributed by atoms with Gasteiger partial charge in [-0.3, -0.25) is 14.0 Å². The molecule has 1 saturated heterocycles. The van der Waals surface area contributed by atoms with E-state index >= 15 is 0 Å². The van der Waals surface area contributed by atoms with Crippen LogP contribution in [0.3, 0.4) is 0 Å². The smallest absolute Gasteiger partial charge is 0.231 e. The maximum atomic E-state index is 12.9. The van der Waals surface area contributed by atoms with Gasteiger partial charge in [-0.05, 0) is 49.7 Å². The number of anilines is 2. The molecule has 0 spiro atoms. The number of piperidine rings is 1. The first-order valence-corrected chi connectivity index (χ1v) is 12.3. The molecule has 9 heteroatoms. The summed E-state index contributed by atoms with van der Waals surface area (Å²) in [4.78, 5) is 15.0. The van der Waals surface area contributed by atoms with Gasteiger partial charge in [-0.15, -0.1) is 0 Å². The molecule has 1 heterocycles. The molecule has 162 valence electrons. The Morgan fingerprint density at radius 1 is 1.20 bits per heavy atom. The molecule has 6 nitrogen and oxygen atoms in total. The molecule has 0 aromatic heterocycles. The van der Waals surface area contributed by atoms with Gasteiger partial charge in [0.05, 0.1) is 17.9 Å². The topological polar surface area (TPSA) is 69.7 Å². The highest BCUT2D eigenvalue weighted by Crippen LogP contribution is 2.28. The number of carbonyl (C=O) groups is 1. The highest BCUT2D eigenvalue weighted by atomic mass is 35.5. The lowest BCUT2D eigenvalue weighted by atomic mass is 9.96. The quantitative estimate of drug-likeness (QED) is 0.686. The van der Waals surface area contributed by atoms with E-state index in [0.29, 0.717) is 34.5 Å². The van der Waals surface area contributed by atoms with Gasteiger partial charge in [0.2, 0.25) is 15.9 Å². The van der Waals surface area contributed by atoms with Crippen LogP contribution in [0.5, 0.6) is 0 Å². The predicted octanol–water partition coefficient (Wildman–Crippen LogP) is 4.24. The van der Waals surface area contributed by atoms with Crippen LogP contribution in [0.2, 0.25) is 10.0 Å². The van der Waals surface area contributed by atoms with Gasteiger partial charge < -0.3 is 5.32 Å². The van der Waals surface area contributed by atoms with Crippen LogP contribution in [0, 0.1) is 5.92 Å². The highest BCUT2D eigenvalue weighted by molar-refractivity contribution is 7.92. The second-order valence-corrected chi connectivity index (χ2v) is 10.4. The Bertz CT molecular complexity index is 1010. The van der Waals surface area contributed by atoms with Gasteiger partial charge >= 0.3 is 0 Å². The summed E-state index contributed by atoms with van der Waals surface area (Å²) in [5.74, 6) is -0.250. The molecule has 2 aromatic carbocycles. The summed E-state index contributed by atoms with van der Waals surface area (Å²) in [5, 5.41) is 4.18. The average Bonchev–Trinajstić information content (AvgIpc) is 2.70. The van der Waals surface area contributed by atoms with Crippen molar-refractivity contribution in [2.75, 3.05) is 36.0 Å². The SMILES string of the molecule is CN(c1cccc(NC(=O)C2CCCN(Cc3c(Cl)cccc3Cl)C2)c1)S(C)(=O)=O. The predicted molar refractivity (Wildman–Crippen MR) is 123 cm³/mol. The van der Waals surface area contributed by atoms with Crippen LogP contribution >= 0.6 is 23.2 Å². The molecule has 0 bridgehead atoms. The van der Waals surface area contributed by atoms with E-state index in [-0.39, 0.29) is 11.8 Å². The number of likely N-dealkylation sites (tertiary alicyclic amines) is 1. The van der Waals surface area contributed by atoms with Gasteiger partial charge in [-0.1, -0.05) is 35.3 Å². The zero-order valence-corrected chi connectivity index (χ0v) is 19.3. The number of halogens is 2. The minimum absolute atomic E-state index is 0.0795. The van der Waals surface area contributed by atoms with Crippen molar-refractivity contribution >= 4 is 50.5 Å². The zero-order chi connectivity index (χ0) is 21.9. The van der Waals surface area contributed by atoms with Crippen LogP contribution in [0.25, 0.3) is 0 Å². The number of nitrogens with zero attached hydrogens (tertiary/aromatic N) is 2. The molecular formula is C21H25Cl2N3O3S. The van der Waals surface area contributed by atoms with Crippen molar-refractivity contribution in [2.24, 2.45) is 5.92 Å². The Hall–Kier alpha value is -1.80. The summed E-state index contributed by atoms with van der Waals surface area (Å²) < 4.78 is 24.7. The van der Waals surface area contributed by atoms with Gasteiger partial charge in [0.15, 0.2) is 0 Å². The molecule has 2 aromatic rings. The van der Waals surface area contributed by atoms with E-state index < -0.39 is 10.0 Å². The van der Waals surface area contributed by atoms with E-state index in [4.69, 9.17) is 23.2 Å². The van der Waals surface area contributed by atoms with Gasteiger partial charge in [-0.2, -0.15) is 0 Å². The van der Waals surface area contributed by atoms with Crippen molar-refractivity contribution in [3.63, 3.8) is 0 Å². The molecule has 1 aliphatic rings. The summed E-state index contributed by atoms with van der Waals surface area (Å²) in [6.45, 7) is 2.08. The molecule has 0 aliphatic carbocycles. The number of hydrogen-bond donors (Lipinski definition) is 1. The first-order chi connectivity index (χ1) is 14.1. The van der Waals surface area contributed by atoms with Crippen molar-refractivity contribution in [3.8, 4) is 0 Å². The standard InChI is InChI=1S/C21H25Cl2N3O3S/c1-25(30(2,28)29)17-8-3-7-16(12-17)24-21(27)15-6-5-11-26(13-15)14-18-19(22)9-4-10-20(18)23/h3-4,7-10,12,15H,5-6,11,13-14H2,1-2H3,(H,24,27). The molecule has 0 radical (unpaired) electrons. The van der Waals surface area contributed by atoms with Crippen molar-refractivity contribution in [1.82, 2.24) is 4.90 Å². The van der Waals surface area contributed by atoms with Gasteiger partial charge in [-0.25, -0.2) is 8.42 Å². The molecule has 1 unspecified atom stereocenters. The average molecular weight is 470 g/mol. The molecule has 3 rings (SSSR count). The van der Waals surface area contributed by atoms with Crippen molar-refractivity contribution in [1.29, 1.82) is 0 Å². The Morgan fingerprint density at radius 2 is 1.87 bits per heavy atom. The van der Waals surface area contributed by atoms with E-state index in [9.17, 15) is 13.2 Å². The number of carbonyl (C=O) groups excluding carboxylic acids is 1. The molecule has 1 N–H and O–H groups in total. The second kappa shape index (κ2) is 9.56. The molecular weight excluding hydrogens is 445 g/mol. The molecule has 1 aliphatic heterocycles. The van der Waals surface area contributed by atoms with Crippen molar-refractivity contribution in [3.05, 3.63) is 58.1 Å². The summed E-state index contributed by atoms with van der Waals surface area (Å²) >= 11 is 12.6. The van der Waals surface area contributed by atoms with Crippen LogP contribution in [-0.2, 0) is 21.4 Å². The minimum Gasteiger partial charge on any atom is -0.326 e. The number of hydrogen-bond acceptors (Lipinski definition) is 4. The fraction of sp³-hybridized carbons (Fsp3) is 0.381. The second-order valence-electron chi connectivity index (χ2n) is 7.54. The molecule has 0 saturated carbocycles. The summed E-state index contributed by atoms with van der Waals surface area (Å²) in [7, 11) is -1.89. The first kappa shape index (κ1) is 22.9. The third-order valence-corrected chi connectivity index (χ3v) is 7.21. The number of nitrogens with one attached hydrogen (secondary N) is 1. The third-order valence-electron chi connectivity index (χ3n) is 5.29. The fourth-order valence-electron chi connectivity index (χ4n) is 3.54. The Morgan fingerprint density at radius 3 is 2.53 bits per heavy atom. The monoisotopic (exact) mass is 469 g/mol. The van der Waals surface area contributed by atoms with Gasteiger partial charge in [0, 0.05) is 41.4 Å². The number of rotatable bonds is 6. The van der Waals surface area contributed by atoms with E-state index in [2.05, 4.69) is 10.2 Å². The third kappa shape index (κ3) is 5.66. The normalized spacial score (nSPS) is 17.5. The molecule has 30 heavy (non-hydrogen) atoms. The maximum Gasteiger partial charge on any atom is 0.231 e. The lowest BCUT2D eigenvalue weighted by Gasteiger charge is -2.32. The van der Waals surface area contributed by atoms with Crippen LogP contribution in [0.1, 0.15) is 18.4 Å². The molecule has 1 amide bonds. The number of amides is 1. The summed E-state index contributed by atoms with van der Waals surface area (Å²) in [6.07, 6.45) is 2.83. The number of benzene rings is 2. The minimum atomic E-state index is -3.37. The van der Waals surface area contributed by atoms with E-state index in [1.54, 1.807) is 24.3 Å². The first-order valence-electron chi connectivity index (χ1n) is 9.65. The van der Waals surface area contributed by atoms with Crippen LogP contribution < -0.4 is 9.62 Å². The molecule has 1 fully saturated rings. The Kier molecular flexibility index (Phi) is 7.29. The largest absolute Gasteiger partial charge is 0.326 e. The van der Waals surface area contributed by atoms with E-state index in [0.717, 1.165) is 31.2 Å². The Labute approximate surface area is 187 Å². The zero-order valence-electron chi connectivity index (χ0n) is 16.9.